The Kier molecular flexibility index (Phi) is 6.46. The van der Waals surface area contributed by atoms with Crippen LogP contribution in [0.3, 0.4) is 0 Å². The van der Waals surface area contributed by atoms with E-state index in [2.05, 4.69) is 15.2 Å². The summed E-state index contributed by atoms with van der Waals surface area (Å²) in [7, 11) is 1.66. The number of nitrogens with one attached hydrogen (secondary N) is 1. The topological polar surface area (TPSA) is 50.5 Å². The number of hydrogen-bond donors (Lipinski definition) is 1. The molecule has 0 bridgehead atoms. The predicted molar refractivity (Wildman–Crippen MR) is 138 cm³/mol. The van der Waals surface area contributed by atoms with Gasteiger partial charge in [-0.2, -0.15) is 0 Å². The second-order valence-corrected chi connectivity index (χ2v) is 9.13. The van der Waals surface area contributed by atoms with Crippen molar-refractivity contribution in [1.29, 1.82) is 0 Å². The molecule has 0 unspecified atom stereocenters. The van der Waals surface area contributed by atoms with Crippen LogP contribution in [0.2, 0.25) is 10.0 Å². The maximum Gasteiger partial charge on any atom is 0.170 e. The second-order valence-electron chi connectivity index (χ2n) is 7.93. The van der Waals surface area contributed by atoms with Crippen LogP contribution in [-0.4, -0.2) is 22.1 Å². The highest BCUT2D eigenvalue weighted by molar-refractivity contribution is 7.80. The maximum absolute atomic E-state index is 6.36. The van der Waals surface area contributed by atoms with E-state index in [1.165, 1.54) is 0 Å². The molecule has 172 valence electrons. The zero-order chi connectivity index (χ0) is 23.7. The molecular formula is C26H21Cl2N3O2S. The summed E-state index contributed by atoms with van der Waals surface area (Å²) >= 11 is 18.1. The van der Waals surface area contributed by atoms with E-state index in [0.717, 1.165) is 28.3 Å². The number of thiocarbonyl (C=S) groups is 1. The van der Waals surface area contributed by atoms with Crippen LogP contribution in [0.4, 0.5) is 0 Å². The minimum atomic E-state index is -0.193. The van der Waals surface area contributed by atoms with E-state index in [9.17, 15) is 0 Å². The lowest BCUT2D eigenvalue weighted by Gasteiger charge is -2.26. The maximum atomic E-state index is 6.36. The predicted octanol–water partition coefficient (Wildman–Crippen LogP) is 6.83. The molecule has 0 radical (unpaired) electrons. The van der Waals surface area contributed by atoms with Crippen molar-refractivity contribution >= 4 is 40.5 Å². The van der Waals surface area contributed by atoms with Gasteiger partial charge in [-0.1, -0.05) is 41.4 Å². The second kappa shape index (κ2) is 9.66. The van der Waals surface area contributed by atoms with Crippen LogP contribution in [0.15, 0.2) is 83.4 Å². The van der Waals surface area contributed by atoms with Crippen molar-refractivity contribution in [2.45, 2.75) is 18.6 Å². The molecule has 1 fully saturated rings. The van der Waals surface area contributed by atoms with E-state index in [4.69, 9.17) is 44.6 Å². The summed E-state index contributed by atoms with van der Waals surface area (Å²) in [5.41, 5.74) is 2.85. The standard InChI is InChI=1S/C26H21Cl2N3O2S/c1-32-18-8-5-16(6-9-18)15-31-25(24(30-26(31)34)21-4-2-3-13-29-21)23-12-11-22(33-23)17-7-10-19(27)20(28)14-17/h2-14,24-25H,15H2,1H3,(H,30,34)/t24-,25+/m1/s1. The van der Waals surface area contributed by atoms with Gasteiger partial charge in [-0.05, 0) is 72.4 Å². The van der Waals surface area contributed by atoms with Crippen LogP contribution >= 0.6 is 35.4 Å². The summed E-state index contributed by atoms with van der Waals surface area (Å²) in [6.45, 7) is 0.604. The van der Waals surface area contributed by atoms with Gasteiger partial charge in [0.25, 0.3) is 0 Å². The molecule has 3 heterocycles. The smallest absolute Gasteiger partial charge is 0.170 e. The lowest BCUT2D eigenvalue weighted by molar-refractivity contribution is 0.269. The Morgan fingerprint density at radius 3 is 2.56 bits per heavy atom. The molecule has 5 rings (SSSR count). The van der Waals surface area contributed by atoms with Crippen LogP contribution in [0.25, 0.3) is 11.3 Å². The lowest BCUT2D eigenvalue weighted by atomic mass is 10.0. The Morgan fingerprint density at radius 2 is 1.85 bits per heavy atom. The van der Waals surface area contributed by atoms with Gasteiger partial charge in [0.15, 0.2) is 5.11 Å². The van der Waals surface area contributed by atoms with E-state index < -0.39 is 0 Å². The number of ether oxygens (including phenoxy) is 1. The van der Waals surface area contributed by atoms with Gasteiger partial charge in [-0.25, -0.2) is 0 Å². The highest BCUT2D eigenvalue weighted by atomic mass is 35.5. The van der Waals surface area contributed by atoms with E-state index in [1.54, 1.807) is 25.4 Å². The first-order chi connectivity index (χ1) is 16.5. The van der Waals surface area contributed by atoms with Crippen LogP contribution < -0.4 is 10.1 Å². The number of furan rings is 1. The Hall–Kier alpha value is -3.06. The molecule has 4 aromatic rings. The number of benzene rings is 2. The molecular weight excluding hydrogens is 489 g/mol. The largest absolute Gasteiger partial charge is 0.497 e. The Bertz CT molecular complexity index is 1310. The van der Waals surface area contributed by atoms with E-state index in [1.807, 2.05) is 60.7 Å². The number of aromatic nitrogens is 1. The fraction of sp³-hybridized carbons (Fsp3) is 0.154. The first kappa shape index (κ1) is 22.7. The SMILES string of the molecule is COc1ccc(CN2C(=S)N[C@H](c3ccccn3)[C@@H]2c2ccc(-c3ccc(Cl)c(Cl)c3)o2)cc1. The minimum Gasteiger partial charge on any atom is -0.497 e. The zero-order valence-corrected chi connectivity index (χ0v) is 20.6. The highest BCUT2D eigenvalue weighted by Crippen LogP contribution is 2.41. The average molecular weight is 510 g/mol. The number of halogens is 2. The molecule has 0 amide bonds. The normalized spacial score (nSPS) is 17.6. The summed E-state index contributed by atoms with van der Waals surface area (Å²) < 4.78 is 11.7. The van der Waals surface area contributed by atoms with Gasteiger partial charge in [0.1, 0.15) is 23.3 Å². The third-order valence-corrected chi connectivity index (χ3v) is 6.92. The molecule has 0 spiro atoms. The van der Waals surface area contributed by atoms with Crippen molar-refractivity contribution in [2.24, 2.45) is 0 Å². The van der Waals surface area contributed by atoms with Gasteiger partial charge in [-0.15, -0.1) is 0 Å². The first-order valence-electron chi connectivity index (χ1n) is 10.7. The summed E-state index contributed by atoms with van der Waals surface area (Å²) in [4.78, 5) is 6.72. The molecule has 34 heavy (non-hydrogen) atoms. The Balaban J connectivity index is 1.52. The van der Waals surface area contributed by atoms with Crippen LogP contribution in [-0.2, 0) is 6.54 Å². The fourth-order valence-electron chi connectivity index (χ4n) is 4.13. The Morgan fingerprint density at radius 1 is 1.03 bits per heavy atom. The van der Waals surface area contributed by atoms with Gasteiger partial charge >= 0.3 is 0 Å². The van der Waals surface area contributed by atoms with Gasteiger partial charge in [0.2, 0.25) is 0 Å². The van der Waals surface area contributed by atoms with Crippen molar-refractivity contribution in [2.75, 3.05) is 7.11 Å². The molecule has 0 aliphatic carbocycles. The molecule has 0 saturated carbocycles. The molecule has 2 atom stereocenters. The molecule has 1 saturated heterocycles. The lowest BCUT2D eigenvalue weighted by Crippen LogP contribution is -2.29. The fourth-order valence-corrected chi connectivity index (χ4v) is 4.73. The van der Waals surface area contributed by atoms with E-state index in [-0.39, 0.29) is 12.1 Å². The quantitative estimate of drug-likeness (QED) is 0.287. The third-order valence-electron chi connectivity index (χ3n) is 5.83. The summed E-state index contributed by atoms with van der Waals surface area (Å²) in [6, 6.07) is 22.8. The average Bonchev–Trinajstić information content (AvgIpc) is 3.47. The Labute approximate surface area is 213 Å². The van der Waals surface area contributed by atoms with Crippen LogP contribution in [0, 0.1) is 0 Å². The van der Waals surface area contributed by atoms with Crippen LogP contribution in [0.5, 0.6) is 5.75 Å². The monoisotopic (exact) mass is 509 g/mol. The number of pyridine rings is 1. The van der Waals surface area contributed by atoms with E-state index in [0.29, 0.717) is 27.5 Å². The molecule has 1 aliphatic rings. The number of rotatable bonds is 6. The van der Waals surface area contributed by atoms with Gasteiger partial charge < -0.3 is 19.4 Å². The molecule has 2 aromatic carbocycles. The molecule has 8 heteroatoms. The van der Waals surface area contributed by atoms with Crippen molar-refractivity contribution in [3.8, 4) is 17.1 Å². The van der Waals surface area contributed by atoms with Gasteiger partial charge in [-0.3, -0.25) is 4.98 Å². The summed E-state index contributed by atoms with van der Waals surface area (Å²) in [5.74, 6) is 2.29. The summed E-state index contributed by atoms with van der Waals surface area (Å²) in [5, 5.41) is 5.07. The number of methoxy groups -OCH3 is 1. The minimum absolute atomic E-state index is 0.167. The molecule has 2 aromatic heterocycles. The van der Waals surface area contributed by atoms with Crippen LogP contribution in [0.1, 0.15) is 29.1 Å². The number of nitrogens with zero attached hydrogens (tertiary/aromatic N) is 2. The molecule has 1 aliphatic heterocycles. The molecule has 5 nitrogen and oxygen atoms in total. The van der Waals surface area contributed by atoms with Gasteiger partial charge in [0.05, 0.1) is 28.9 Å². The van der Waals surface area contributed by atoms with E-state index >= 15 is 0 Å². The van der Waals surface area contributed by atoms with Crippen molar-refractivity contribution < 1.29 is 9.15 Å². The highest BCUT2D eigenvalue weighted by Gasteiger charge is 2.41. The first-order valence-corrected chi connectivity index (χ1v) is 11.9. The molecule has 1 N–H and O–H groups in total. The van der Waals surface area contributed by atoms with Gasteiger partial charge in [0, 0.05) is 18.3 Å². The van der Waals surface area contributed by atoms with Crippen molar-refractivity contribution in [1.82, 2.24) is 15.2 Å². The summed E-state index contributed by atoms with van der Waals surface area (Å²) in [6.07, 6.45) is 1.78. The number of hydrogen-bond acceptors (Lipinski definition) is 4. The van der Waals surface area contributed by atoms with Crippen molar-refractivity contribution in [3.05, 3.63) is 106 Å². The van der Waals surface area contributed by atoms with Crippen molar-refractivity contribution in [3.63, 3.8) is 0 Å². The zero-order valence-electron chi connectivity index (χ0n) is 18.2. The third kappa shape index (κ3) is 4.49.